The van der Waals surface area contributed by atoms with Gasteiger partial charge in [0.05, 0.1) is 25.8 Å². The molecule has 1 saturated heterocycles. The molecule has 2 aromatic rings. The maximum atomic E-state index is 13.3. The number of rotatable bonds is 8. The van der Waals surface area contributed by atoms with Gasteiger partial charge >= 0.3 is 5.97 Å². The Morgan fingerprint density at radius 1 is 1.03 bits per heavy atom. The van der Waals surface area contributed by atoms with E-state index in [-0.39, 0.29) is 17.8 Å². The quantitative estimate of drug-likeness (QED) is 0.412. The van der Waals surface area contributed by atoms with E-state index in [1.807, 2.05) is 36.4 Å². The third kappa shape index (κ3) is 6.43. The number of amides is 1. The molecular weight excluding hydrogens is 456 g/mol. The molecule has 1 amide bonds. The van der Waals surface area contributed by atoms with Gasteiger partial charge in [0.2, 0.25) is 0 Å². The van der Waals surface area contributed by atoms with Gasteiger partial charge in [-0.15, -0.1) is 0 Å². The van der Waals surface area contributed by atoms with Crippen LogP contribution in [0.4, 0.5) is 11.5 Å². The van der Waals surface area contributed by atoms with Crippen LogP contribution < -0.4 is 14.5 Å². The second-order valence-electron chi connectivity index (χ2n) is 9.28. The van der Waals surface area contributed by atoms with Gasteiger partial charge in [0.1, 0.15) is 11.6 Å². The first-order valence-corrected chi connectivity index (χ1v) is 12.7. The number of anilines is 2. The van der Waals surface area contributed by atoms with Crippen molar-refractivity contribution in [3.63, 3.8) is 0 Å². The van der Waals surface area contributed by atoms with Crippen LogP contribution in [0.25, 0.3) is 0 Å². The molecule has 0 radical (unpaired) electrons. The lowest BCUT2D eigenvalue weighted by molar-refractivity contribution is -0.146. The molecule has 192 valence electrons. The van der Waals surface area contributed by atoms with E-state index in [0.717, 1.165) is 75.4 Å². The first-order valence-electron chi connectivity index (χ1n) is 12.7. The standard InChI is InChI=1S/C28H36N4O4/c1-35-25-8-4-3-7-24(25)31-18-15-30(16-19-31)17-20-32(26-9-5-6-14-29-26)27(33)21-22-10-12-23(13-11-22)28(34)36-2/h3-9,14,21,23H,10-13,15-20H2,1-2H3. The summed E-state index contributed by atoms with van der Waals surface area (Å²) in [6.45, 7) is 4.98. The molecule has 1 aromatic heterocycles. The van der Waals surface area contributed by atoms with E-state index >= 15 is 0 Å². The highest BCUT2D eigenvalue weighted by molar-refractivity contribution is 6.01. The molecule has 2 heterocycles. The zero-order chi connectivity index (χ0) is 25.3. The van der Waals surface area contributed by atoms with Crippen LogP contribution >= 0.6 is 0 Å². The third-order valence-electron chi connectivity index (χ3n) is 7.12. The van der Waals surface area contributed by atoms with Crippen LogP contribution in [0.1, 0.15) is 25.7 Å². The summed E-state index contributed by atoms with van der Waals surface area (Å²) in [6, 6.07) is 13.8. The molecule has 8 heteroatoms. The molecule has 1 aromatic carbocycles. The Bertz CT molecular complexity index is 1040. The number of hydrogen-bond acceptors (Lipinski definition) is 7. The summed E-state index contributed by atoms with van der Waals surface area (Å²) < 4.78 is 10.4. The Morgan fingerprint density at radius 3 is 2.42 bits per heavy atom. The van der Waals surface area contributed by atoms with E-state index in [9.17, 15) is 9.59 Å². The lowest BCUT2D eigenvalue weighted by Gasteiger charge is -2.37. The minimum absolute atomic E-state index is 0.0483. The Kier molecular flexibility index (Phi) is 8.95. The van der Waals surface area contributed by atoms with Gasteiger partial charge in [-0.05, 0) is 49.9 Å². The third-order valence-corrected chi connectivity index (χ3v) is 7.12. The van der Waals surface area contributed by atoms with Crippen molar-refractivity contribution in [2.75, 3.05) is 63.3 Å². The normalized spacial score (nSPS) is 18.4. The molecule has 8 nitrogen and oxygen atoms in total. The van der Waals surface area contributed by atoms with E-state index in [0.29, 0.717) is 12.4 Å². The van der Waals surface area contributed by atoms with Crippen molar-refractivity contribution in [3.8, 4) is 5.75 Å². The fourth-order valence-corrected chi connectivity index (χ4v) is 4.98. The van der Waals surface area contributed by atoms with Crippen LogP contribution in [0.15, 0.2) is 60.3 Å². The minimum Gasteiger partial charge on any atom is -0.495 e. The van der Waals surface area contributed by atoms with Gasteiger partial charge in [0.15, 0.2) is 0 Å². The number of ether oxygens (including phenoxy) is 2. The number of allylic oxidation sites excluding steroid dienone is 1. The Labute approximate surface area is 213 Å². The fourth-order valence-electron chi connectivity index (χ4n) is 4.98. The highest BCUT2D eigenvalue weighted by atomic mass is 16.5. The van der Waals surface area contributed by atoms with Crippen molar-refractivity contribution in [2.24, 2.45) is 5.92 Å². The summed E-state index contributed by atoms with van der Waals surface area (Å²) in [5.41, 5.74) is 2.21. The topological polar surface area (TPSA) is 75.2 Å². The molecule has 0 bridgehead atoms. The summed E-state index contributed by atoms with van der Waals surface area (Å²) in [7, 11) is 3.14. The van der Waals surface area contributed by atoms with Gasteiger partial charge in [-0.3, -0.25) is 19.4 Å². The van der Waals surface area contributed by atoms with E-state index < -0.39 is 0 Å². The van der Waals surface area contributed by atoms with Gasteiger partial charge in [-0.1, -0.05) is 23.8 Å². The van der Waals surface area contributed by atoms with Crippen molar-refractivity contribution in [1.29, 1.82) is 0 Å². The van der Waals surface area contributed by atoms with E-state index in [1.165, 1.54) is 7.11 Å². The number of hydrogen-bond donors (Lipinski definition) is 0. The minimum atomic E-state index is -0.152. The zero-order valence-electron chi connectivity index (χ0n) is 21.3. The second kappa shape index (κ2) is 12.5. The average molecular weight is 493 g/mol. The number of methoxy groups -OCH3 is 2. The number of carbonyl (C=O) groups is 2. The average Bonchev–Trinajstić information content (AvgIpc) is 2.94. The summed E-state index contributed by atoms with van der Waals surface area (Å²) in [6.07, 6.45) is 6.41. The van der Waals surface area contributed by atoms with Crippen molar-refractivity contribution in [3.05, 3.63) is 60.3 Å². The predicted molar refractivity (Wildman–Crippen MR) is 140 cm³/mol. The first-order chi connectivity index (χ1) is 17.6. The Hall–Kier alpha value is -3.39. The Morgan fingerprint density at radius 2 is 1.75 bits per heavy atom. The van der Waals surface area contributed by atoms with Crippen molar-refractivity contribution < 1.29 is 19.1 Å². The molecule has 0 atom stereocenters. The number of nitrogens with zero attached hydrogens (tertiary/aromatic N) is 4. The molecule has 2 fully saturated rings. The molecule has 0 unspecified atom stereocenters. The lowest BCUT2D eigenvalue weighted by Crippen LogP contribution is -2.49. The maximum absolute atomic E-state index is 13.3. The number of aromatic nitrogens is 1. The van der Waals surface area contributed by atoms with Gasteiger partial charge in [0, 0.05) is 51.5 Å². The molecule has 36 heavy (non-hydrogen) atoms. The molecule has 2 aliphatic rings. The summed E-state index contributed by atoms with van der Waals surface area (Å²) in [5, 5.41) is 0. The molecule has 1 aliphatic carbocycles. The number of carbonyl (C=O) groups excluding carboxylic acids is 2. The van der Waals surface area contributed by atoms with E-state index in [4.69, 9.17) is 9.47 Å². The monoisotopic (exact) mass is 492 g/mol. The molecule has 1 aliphatic heterocycles. The van der Waals surface area contributed by atoms with Gasteiger partial charge in [-0.25, -0.2) is 4.98 Å². The number of piperazine rings is 1. The number of benzene rings is 1. The lowest BCUT2D eigenvalue weighted by atomic mass is 9.85. The van der Waals surface area contributed by atoms with Crippen LogP contribution in [0, 0.1) is 5.92 Å². The number of pyridine rings is 1. The summed E-state index contributed by atoms with van der Waals surface area (Å²) >= 11 is 0. The highest BCUT2D eigenvalue weighted by Crippen LogP contribution is 2.30. The number of para-hydroxylation sites is 2. The fraction of sp³-hybridized carbons (Fsp3) is 0.464. The molecule has 0 N–H and O–H groups in total. The van der Waals surface area contributed by atoms with E-state index in [2.05, 4.69) is 20.9 Å². The predicted octanol–water partition coefficient (Wildman–Crippen LogP) is 3.54. The first kappa shape index (κ1) is 25.7. The van der Waals surface area contributed by atoms with Crippen molar-refractivity contribution in [2.45, 2.75) is 25.7 Å². The highest BCUT2D eigenvalue weighted by Gasteiger charge is 2.26. The van der Waals surface area contributed by atoms with Crippen molar-refractivity contribution in [1.82, 2.24) is 9.88 Å². The van der Waals surface area contributed by atoms with Crippen LogP contribution in [0.2, 0.25) is 0 Å². The van der Waals surface area contributed by atoms with Gasteiger partial charge in [0.25, 0.3) is 5.91 Å². The van der Waals surface area contributed by atoms with Gasteiger partial charge in [-0.2, -0.15) is 0 Å². The smallest absolute Gasteiger partial charge is 0.308 e. The molecule has 4 rings (SSSR count). The SMILES string of the molecule is COC(=O)C1CCC(=CC(=O)N(CCN2CCN(c3ccccc3OC)CC2)c2ccccn2)CC1. The zero-order valence-corrected chi connectivity index (χ0v) is 21.3. The largest absolute Gasteiger partial charge is 0.495 e. The summed E-state index contributed by atoms with van der Waals surface area (Å²) in [5.74, 6) is 1.29. The van der Waals surface area contributed by atoms with Crippen LogP contribution in [0.5, 0.6) is 5.75 Å². The van der Waals surface area contributed by atoms with E-state index in [1.54, 1.807) is 24.3 Å². The maximum Gasteiger partial charge on any atom is 0.308 e. The van der Waals surface area contributed by atoms with Crippen LogP contribution in [-0.2, 0) is 14.3 Å². The molecular formula is C28H36N4O4. The summed E-state index contributed by atoms with van der Waals surface area (Å²) in [4.78, 5) is 36.1. The second-order valence-corrected chi connectivity index (χ2v) is 9.28. The molecule has 0 spiro atoms. The van der Waals surface area contributed by atoms with Crippen LogP contribution in [-0.4, -0.2) is 75.2 Å². The molecule has 1 saturated carbocycles. The number of esters is 1. The van der Waals surface area contributed by atoms with Gasteiger partial charge < -0.3 is 14.4 Å². The van der Waals surface area contributed by atoms with Crippen LogP contribution in [0.3, 0.4) is 0 Å². The van der Waals surface area contributed by atoms with Crippen molar-refractivity contribution >= 4 is 23.4 Å². The Balaban J connectivity index is 1.35.